The van der Waals surface area contributed by atoms with Gasteiger partial charge in [0.2, 0.25) is 0 Å². The van der Waals surface area contributed by atoms with Gasteiger partial charge in [0.05, 0.1) is 0 Å². The van der Waals surface area contributed by atoms with Gasteiger partial charge in [-0.05, 0) is 64.3 Å². The second-order valence-electron chi connectivity index (χ2n) is 6.14. The summed E-state index contributed by atoms with van der Waals surface area (Å²) in [7, 11) is 2.31. The zero-order chi connectivity index (χ0) is 12.3. The van der Waals surface area contributed by atoms with E-state index < -0.39 is 0 Å². The van der Waals surface area contributed by atoms with Gasteiger partial charge in [-0.2, -0.15) is 0 Å². The standard InChI is InChI=1S/C14H29N3/c1-3-17-9-5-13(6-10-17)16(2)12-14(11-15)7-4-8-14/h13H,3-12,15H2,1-2H3. The Bertz CT molecular complexity index is 224. The summed E-state index contributed by atoms with van der Waals surface area (Å²) in [6.07, 6.45) is 6.76. The van der Waals surface area contributed by atoms with Crippen molar-refractivity contribution in [3.63, 3.8) is 0 Å². The minimum Gasteiger partial charge on any atom is -0.330 e. The Hall–Kier alpha value is -0.120. The van der Waals surface area contributed by atoms with Crippen LogP contribution in [0.15, 0.2) is 0 Å². The van der Waals surface area contributed by atoms with E-state index in [0.29, 0.717) is 5.41 Å². The number of likely N-dealkylation sites (tertiary alicyclic amines) is 1. The summed E-state index contributed by atoms with van der Waals surface area (Å²) < 4.78 is 0. The summed E-state index contributed by atoms with van der Waals surface area (Å²) in [5.74, 6) is 0. The molecule has 0 aromatic heterocycles. The quantitative estimate of drug-likeness (QED) is 0.790. The first kappa shape index (κ1) is 13.3. The Morgan fingerprint density at radius 1 is 1.29 bits per heavy atom. The van der Waals surface area contributed by atoms with Gasteiger partial charge in [-0.1, -0.05) is 13.3 Å². The number of nitrogens with two attached hydrogens (primary N) is 1. The first-order valence-electron chi connectivity index (χ1n) is 7.32. The van der Waals surface area contributed by atoms with Crippen molar-refractivity contribution in [3.05, 3.63) is 0 Å². The smallest absolute Gasteiger partial charge is 0.0117 e. The molecule has 0 amide bonds. The van der Waals surface area contributed by atoms with Crippen molar-refractivity contribution in [2.45, 2.75) is 45.1 Å². The van der Waals surface area contributed by atoms with Crippen LogP contribution in [0.4, 0.5) is 0 Å². The summed E-state index contributed by atoms with van der Waals surface area (Å²) in [5.41, 5.74) is 6.42. The van der Waals surface area contributed by atoms with Gasteiger partial charge in [-0.3, -0.25) is 0 Å². The fraction of sp³-hybridized carbons (Fsp3) is 1.00. The van der Waals surface area contributed by atoms with Crippen LogP contribution in [0.1, 0.15) is 39.0 Å². The van der Waals surface area contributed by atoms with E-state index in [2.05, 4.69) is 23.8 Å². The average molecular weight is 239 g/mol. The molecule has 0 aromatic rings. The predicted molar refractivity (Wildman–Crippen MR) is 73.1 cm³/mol. The lowest BCUT2D eigenvalue weighted by molar-refractivity contribution is 0.0459. The molecule has 1 heterocycles. The average Bonchev–Trinajstić information content (AvgIpc) is 2.33. The molecule has 0 aromatic carbocycles. The number of rotatable bonds is 5. The van der Waals surface area contributed by atoms with Gasteiger partial charge in [0.15, 0.2) is 0 Å². The van der Waals surface area contributed by atoms with Gasteiger partial charge in [0, 0.05) is 12.6 Å². The van der Waals surface area contributed by atoms with Gasteiger partial charge in [-0.25, -0.2) is 0 Å². The summed E-state index contributed by atoms with van der Waals surface area (Å²) in [4.78, 5) is 5.16. The van der Waals surface area contributed by atoms with E-state index in [0.717, 1.165) is 12.6 Å². The molecular weight excluding hydrogens is 210 g/mol. The Labute approximate surface area is 106 Å². The molecular formula is C14H29N3. The van der Waals surface area contributed by atoms with Gasteiger partial charge < -0.3 is 15.5 Å². The molecule has 0 unspecified atom stereocenters. The van der Waals surface area contributed by atoms with Crippen LogP contribution < -0.4 is 5.73 Å². The first-order valence-corrected chi connectivity index (χ1v) is 7.32. The van der Waals surface area contributed by atoms with E-state index in [1.807, 2.05) is 0 Å². The number of nitrogens with zero attached hydrogens (tertiary/aromatic N) is 2. The molecule has 17 heavy (non-hydrogen) atoms. The monoisotopic (exact) mass is 239 g/mol. The van der Waals surface area contributed by atoms with Gasteiger partial charge in [-0.15, -0.1) is 0 Å². The predicted octanol–water partition coefficient (Wildman–Crippen LogP) is 1.53. The molecule has 1 saturated heterocycles. The van der Waals surface area contributed by atoms with Crippen molar-refractivity contribution < 1.29 is 0 Å². The van der Waals surface area contributed by atoms with Crippen molar-refractivity contribution in [2.75, 3.05) is 39.8 Å². The Morgan fingerprint density at radius 2 is 1.94 bits per heavy atom. The maximum absolute atomic E-state index is 5.96. The number of hydrogen-bond donors (Lipinski definition) is 1. The number of piperidine rings is 1. The van der Waals surface area contributed by atoms with Crippen molar-refractivity contribution in [2.24, 2.45) is 11.1 Å². The van der Waals surface area contributed by atoms with Crippen molar-refractivity contribution in [3.8, 4) is 0 Å². The minimum absolute atomic E-state index is 0.469. The summed E-state index contributed by atoms with van der Waals surface area (Å²) in [6, 6.07) is 0.793. The molecule has 3 nitrogen and oxygen atoms in total. The molecule has 0 bridgehead atoms. The topological polar surface area (TPSA) is 32.5 Å². The Kier molecular flexibility index (Phi) is 4.45. The van der Waals surface area contributed by atoms with E-state index in [9.17, 15) is 0 Å². The molecule has 0 spiro atoms. The molecule has 1 saturated carbocycles. The molecule has 2 N–H and O–H groups in total. The summed E-state index contributed by atoms with van der Waals surface area (Å²) in [6.45, 7) is 8.14. The van der Waals surface area contributed by atoms with Gasteiger partial charge >= 0.3 is 0 Å². The lowest BCUT2D eigenvalue weighted by Crippen LogP contribution is -2.51. The second kappa shape index (κ2) is 5.68. The van der Waals surface area contributed by atoms with E-state index in [1.54, 1.807) is 0 Å². The molecule has 1 aliphatic heterocycles. The van der Waals surface area contributed by atoms with Crippen LogP contribution in [0.2, 0.25) is 0 Å². The largest absolute Gasteiger partial charge is 0.330 e. The summed E-state index contributed by atoms with van der Waals surface area (Å²) in [5, 5.41) is 0. The first-order chi connectivity index (χ1) is 8.19. The van der Waals surface area contributed by atoms with Crippen LogP contribution in [-0.2, 0) is 0 Å². The molecule has 1 aliphatic carbocycles. The highest BCUT2D eigenvalue weighted by Gasteiger charge is 2.37. The van der Waals surface area contributed by atoms with Gasteiger partial charge in [0.1, 0.15) is 0 Å². The van der Waals surface area contributed by atoms with Crippen LogP contribution >= 0.6 is 0 Å². The van der Waals surface area contributed by atoms with Crippen LogP contribution in [0.25, 0.3) is 0 Å². The summed E-state index contributed by atoms with van der Waals surface area (Å²) >= 11 is 0. The maximum Gasteiger partial charge on any atom is 0.0117 e. The highest BCUT2D eigenvalue weighted by atomic mass is 15.2. The number of hydrogen-bond acceptors (Lipinski definition) is 3. The third-order valence-corrected chi connectivity index (χ3v) is 5.06. The van der Waals surface area contributed by atoms with Crippen molar-refractivity contribution in [1.29, 1.82) is 0 Å². The third-order valence-electron chi connectivity index (χ3n) is 5.06. The fourth-order valence-corrected chi connectivity index (χ4v) is 3.44. The molecule has 2 fully saturated rings. The fourth-order valence-electron chi connectivity index (χ4n) is 3.44. The van der Waals surface area contributed by atoms with Crippen molar-refractivity contribution >= 4 is 0 Å². The lowest BCUT2D eigenvalue weighted by atomic mass is 9.68. The molecule has 2 aliphatic rings. The molecule has 100 valence electrons. The SMILES string of the molecule is CCN1CCC(N(C)CC2(CN)CCC2)CC1. The highest BCUT2D eigenvalue weighted by Crippen LogP contribution is 2.40. The van der Waals surface area contributed by atoms with E-state index in [4.69, 9.17) is 5.73 Å². The van der Waals surface area contributed by atoms with Crippen molar-refractivity contribution in [1.82, 2.24) is 9.80 Å². The van der Waals surface area contributed by atoms with E-state index in [-0.39, 0.29) is 0 Å². The molecule has 0 atom stereocenters. The maximum atomic E-state index is 5.96. The highest BCUT2D eigenvalue weighted by molar-refractivity contribution is 4.92. The molecule has 0 radical (unpaired) electrons. The molecule has 3 heteroatoms. The normalized spacial score (nSPS) is 26.1. The minimum atomic E-state index is 0.469. The van der Waals surface area contributed by atoms with Crippen LogP contribution in [0, 0.1) is 5.41 Å². The van der Waals surface area contributed by atoms with E-state index >= 15 is 0 Å². The van der Waals surface area contributed by atoms with Crippen LogP contribution in [0.5, 0.6) is 0 Å². The second-order valence-corrected chi connectivity index (χ2v) is 6.14. The third kappa shape index (κ3) is 3.01. The molecule has 2 rings (SSSR count). The van der Waals surface area contributed by atoms with E-state index in [1.165, 1.54) is 58.3 Å². The van der Waals surface area contributed by atoms with Crippen LogP contribution in [-0.4, -0.2) is 55.6 Å². The Balaban J connectivity index is 1.78. The Morgan fingerprint density at radius 3 is 2.35 bits per heavy atom. The lowest BCUT2D eigenvalue weighted by Gasteiger charge is -2.46. The van der Waals surface area contributed by atoms with Gasteiger partial charge in [0.25, 0.3) is 0 Å². The zero-order valence-electron chi connectivity index (χ0n) is 11.6. The van der Waals surface area contributed by atoms with Crippen LogP contribution in [0.3, 0.4) is 0 Å². The zero-order valence-corrected chi connectivity index (χ0v) is 11.6.